The predicted octanol–water partition coefficient (Wildman–Crippen LogP) is 3.39. The zero-order chi connectivity index (χ0) is 13.2. The summed E-state index contributed by atoms with van der Waals surface area (Å²) >= 11 is 0. The van der Waals surface area contributed by atoms with Gasteiger partial charge < -0.3 is 9.73 Å². The van der Waals surface area contributed by atoms with E-state index in [9.17, 15) is 4.79 Å². The van der Waals surface area contributed by atoms with Crippen LogP contribution in [0.2, 0.25) is 0 Å². The van der Waals surface area contributed by atoms with Crippen molar-refractivity contribution in [3.8, 4) is 0 Å². The summed E-state index contributed by atoms with van der Waals surface area (Å²) in [6.07, 6.45) is 0. The Morgan fingerprint density at radius 3 is 2.74 bits per heavy atom. The Kier molecular flexibility index (Phi) is 2.76. The minimum Gasteiger partial charge on any atom is -0.441 e. The molecule has 1 heterocycles. The molecule has 0 saturated carbocycles. The van der Waals surface area contributed by atoms with Crippen molar-refractivity contribution in [1.29, 1.82) is 0 Å². The monoisotopic (exact) mass is 252 g/mol. The van der Waals surface area contributed by atoms with Crippen LogP contribution in [0.15, 0.2) is 52.9 Å². The normalized spacial score (nSPS) is 10.6. The lowest BCUT2D eigenvalue weighted by molar-refractivity contribution is 0.102. The molecule has 0 aliphatic carbocycles. The zero-order valence-electron chi connectivity index (χ0n) is 10.4. The molecule has 4 heteroatoms. The van der Waals surface area contributed by atoms with Gasteiger partial charge >= 0.3 is 0 Å². The Hall–Kier alpha value is -2.62. The lowest BCUT2D eigenvalue weighted by Gasteiger charge is -2.04. The molecular weight excluding hydrogens is 240 g/mol. The van der Waals surface area contributed by atoms with Gasteiger partial charge in [-0.3, -0.25) is 4.79 Å². The van der Waals surface area contributed by atoms with Crippen molar-refractivity contribution in [3.05, 3.63) is 60.0 Å². The summed E-state index contributed by atoms with van der Waals surface area (Å²) in [7, 11) is 0. The number of aryl methyl sites for hydroxylation is 1. The highest BCUT2D eigenvalue weighted by Gasteiger charge is 2.09. The van der Waals surface area contributed by atoms with Crippen LogP contribution in [0.5, 0.6) is 0 Å². The average molecular weight is 252 g/mol. The first kappa shape index (κ1) is 11.5. The molecule has 3 rings (SSSR count). The second-order valence-corrected chi connectivity index (χ2v) is 4.24. The van der Waals surface area contributed by atoms with E-state index in [4.69, 9.17) is 4.42 Å². The van der Waals surface area contributed by atoms with E-state index in [1.807, 2.05) is 30.3 Å². The van der Waals surface area contributed by atoms with Gasteiger partial charge in [-0.2, -0.15) is 0 Å². The van der Waals surface area contributed by atoms with Crippen LogP contribution in [-0.2, 0) is 0 Å². The van der Waals surface area contributed by atoms with Crippen molar-refractivity contribution in [2.24, 2.45) is 0 Å². The SMILES string of the molecule is Cc1nc2cc(C(=O)Nc3ccccc3)ccc2o1. The summed E-state index contributed by atoms with van der Waals surface area (Å²) in [6.45, 7) is 1.78. The average Bonchev–Trinajstić information content (AvgIpc) is 2.78. The number of nitrogens with zero attached hydrogens (tertiary/aromatic N) is 1. The number of carbonyl (C=O) groups is 1. The van der Waals surface area contributed by atoms with Crippen molar-refractivity contribution >= 4 is 22.7 Å². The van der Waals surface area contributed by atoms with E-state index < -0.39 is 0 Å². The first-order valence-corrected chi connectivity index (χ1v) is 5.96. The fourth-order valence-electron chi connectivity index (χ4n) is 1.91. The molecule has 1 aromatic heterocycles. The van der Waals surface area contributed by atoms with E-state index in [-0.39, 0.29) is 5.91 Å². The lowest BCUT2D eigenvalue weighted by Crippen LogP contribution is -2.11. The molecule has 0 bridgehead atoms. The van der Waals surface area contributed by atoms with Gasteiger partial charge in [-0.15, -0.1) is 0 Å². The zero-order valence-corrected chi connectivity index (χ0v) is 10.4. The minimum absolute atomic E-state index is 0.159. The van der Waals surface area contributed by atoms with E-state index in [0.29, 0.717) is 22.6 Å². The Morgan fingerprint density at radius 2 is 1.95 bits per heavy atom. The third-order valence-electron chi connectivity index (χ3n) is 2.79. The summed E-state index contributed by atoms with van der Waals surface area (Å²) < 4.78 is 5.38. The standard InChI is InChI=1S/C15H12N2O2/c1-10-16-13-9-11(7-8-14(13)19-10)15(18)17-12-5-3-2-4-6-12/h2-9H,1H3,(H,17,18). The van der Waals surface area contributed by atoms with Crippen LogP contribution in [0.3, 0.4) is 0 Å². The number of para-hydroxylation sites is 1. The van der Waals surface area contributed by atoms with Crippen molar-refractivity contribution in [2.75, 3.05) is 5.32 Å². The van der Waals surface area contributed by atoms with Crippen LogP contribution in [-0.4, -0.2) is 10.9 Å². The van der Waals surface area contributed by atoms with Gasteiger partial charge in [0.15, 0.2) is 11.5 Å². The molecule has 0 radical (unpaired) electrons. The summed E-state index contributed by atoms with van der Waals surface area (Å²) in [4.78, 5) is 16.3. The van der Waals surface area contributed by atoms with E-state index in [1.54, 1.807) is 25.1 Å². The van der Waals surface area contributed by atoms with Crippen LogP contribution < -0.4 is 5.32 Å². The number of anilines is 1. The fraction of sp³-hybridized carbons (Fsp3) is 0.0667. The van der Waals surface area contributed by atoms with Crippen LogP contribution in [0.25, 0.3) is 11.1 Å². The van der Waals surface area contributed by atoms with Gasteiger partial charge in [-0.1, -0.05) is 18.2 Å². The molecule has 0 atom stereocenters. The number of carbonyl (C=O) groups excluding carboxylic acids is 1. The smallest absolute Gasteiger partial charge is 0.255 e. The number of amides is 1. The quantitative estimate of drug-likeness (QED) is 0.760. The van der Waals surface area contributed by atoms with Gasteiger partial charge in [0, 0.05) is 18.2 Å². The largest absolute Gasteiger partial charge is 0.441 e. The number of rotatable bonds is 2. The Bertz CT molecular complexity index is 732. The number of aromatic nitrogens is 1. The van der Waals surface area contributed by atoms with Crippen molar-refractivity contribution in [3.63, 3.8) is 0 Å². The third-order valence-corrected chi connectivity index (χ3v) is 2.79. The maximum atomic E-state index is 12.1. The molecule has 0 aliphatic rings. The number of benzene rings is 2. The van der Waals surface area contributed by atoms with Crippen molar-refractivity contribution < 1.29 is 9.21 Å². The third kappa shape index (κ3) is 2.33. The van der Waals surface area contributed by atoms with Gasteiger partial charge in [0.2, 0.25) is 0 Å². The first-order valence-electron chi connectivity index (χ1n) is 5.96. The molecule has 0 aliphatic heterocycles. The van der Waals surface area contributed by atoms with Crippen LogP contribution in [0.4, 0.5) is 5.69 Å². The number of hydrogen-bond acceptors (Lipinski definition) is 3. The van der Waals surface area contributed by atoms with Gasteiger partial charge in [0.05, 0.1) is 0 Å². The maximum Gasteiger partial charge on any atom is 0.255 e. The molecule has 1 amide bonds. The second-order valence-electron chi connectivity index (χ2n) is 4.24. The molecular formula is C15H12N2O2. The van der Waals surface area contributed by atoms with Gasteiger partial charge in [0.25, 0.3) is 5.91 Å². The van der Waals surface area contributed by atoms with Gasteiger partial charge in [-0.25, -0.2) is 4.98 Å². The van der Waals surface area contributed by atoms with Crippen LogP contribution >= 0.6 is 0 Å². The minimum atomic E-state index is -0.159. The highest BCUT2D eigenvalue weighted by atomic mass is 16.3. The molecule has 0 unspecified atom stereocenters. The van der Waals surface area contributed by atoms with E-state index in [0.717, 1.165) is 5.69 Å². The van der Waals surface area contributed by atoms with Gasteiger partial charge in [-0.05, 0) is 30.3 Å². The molecule has 3 aromatic rings. The Balaban J connectivity index is 1.89. The number of oxazole rings is 1. The number of fused-ring (bicyclic) bond motifs is 1. The van der Waals surface area contributed by atoms with E-state index in [2.05, 4.69) is 10.3 Å². The van der Waals surface area contributed by atoms with E-state index >= 15 is 0 Å². The maximum absolute atomic E-state index is 12.1. The highest BCUT2D eigenvalue weighted by molar-refractivity contribution is 6.05. The number of hydrogen-bond donors (Lipinski definition) is 1. The van der Waals surface area contributed by atoms with Gasteiger partial charge in [0.1, 0.15) is 5.52 Å². The summed E-state index contributed by atoms with van der Waals surface area (Å²) in [6, 6.07) is 14.6. The summed E-state index contributed by atoms with van der Waals surface area (Å²) in [5.74, 6) is 0.435. The molecule has 4 nitrogen and oxygen atoms in total. The molecule has 2 aromatic carbocycles. The lowest BCUT2D eigenvalue weighted by atomic mass is 10.2. The van der Waals surface area contributed by atoms with Crippen molar-refractivity contribution in [2.45, 2.75) is 6.92 Å². The van der Waals surface area contributed by atoms with Crippen LogP contribution in [0, 0.1) is 6.92 Å². The Labute approximate surface area is 110 Å². The summed E-state index contributed by atoms with van der Waals surface area (Å²) in [5, 5.41) is 2.83. The predicted molar refractivity (Wildman–Crippen MR) is 73.1 cm³/mol. The van der Waals surface area contributed by atoms with Crippen LogP contribution in [0.1, 0.15) is 16.2 Å². The fourth-order valence-corrected chi connectivity index (χ4v) is 1.91. The van der Waals surface area contributed by atoms with E-state index in [1.165, 1.54) is 0 Å². The molecule has 1 N–H and O–H groups in total. The first-order chi connectivity index (χ1) is 9.22. The Morgan fingerprint density at radius 1 is 1.16 bits per heavy atom. The number of nitrogens with one attached hydrogen (secondary N) is 1. The molecule has 19 heavy (non-hydrogen) atoms. The second kappa shape index (κ2) is 4.57. The molecule has 0 spiro atoms. The summed E-state index contributed by atoms with van der Waals surface area (Å²) in [5.41, 5.74) is 2.71. The molecule has 94 valence electrons. The molecule has 0 fully saturated rings. The molecule has 0 saturated heterocycles. The topological polar surface area (TPSA) is 55.1 Å². The highest BCUT2D eigenvalue weighted by Crippen LogP contribution is 2.17. The van der Waals surface area contributed by atoms with Crippen molar-refractivity contribution in [1.82, 2.24) is 4.98 Å².